The fourth-order valence-corrected chi connectivity index (χ4v) is 3.44. The van der Waals surface area contributed by atoms with E-state index in [-0.39, 0.29) is 17.0 Å². The number of hydrogen-bond donors (Lipinski definition) is 0. The summed E-state index contributed by atoms with van der Waals surface area (Å²) < 4.78 is 5.01. The van der Waals surface area contributed by atoms with Crippen molar-refractivity contribution in [3.05, 3.63) is 0 Å². The number of alkyl halides is 1. The van der Waals surface area contributed by atoms with Crippen LogP contribution in [0.3, 0.4) is 0 Å². The smallest absolute Gasteiger partial charge is 0.409 e. The van der Waals surface area contributed by atoms with Gasteiger partial charge in [-0.3, -0.25) is 4.90 Å². The molecule has 16 heavy (non-hydrogen) atoms. The molecule has 0 aromatic heterocycles. The zero-order valence-corrected chi connectivity index (χ0v) is 10.8. The number of rotatable bonds is 1. The largest absolute Gasteiger partial charge is 0.450 e. The van der Waals surface area contributed by atoms with Gasteiger partial charge in [0.15, 0.2) is 0 Å². The average molecular weight is 247 g/mol. The minimum Gasteiger partial charge on any atom is -0.450 e. The first-order chi connectivity index (χ1) is 7.48. The fourth-order valence-electron chi connectivity index (χ4n) is 2.85. The van der Waals surface area contributed by atoms with Gasteiger partial charge in [-0.1, -0.05) is 0 Å². The van der Waals surface area contributed by atoms with Gasteiger partial charge in [0.05, 0.1) is 11.5 Å². The molecule has 92 valence electrons. The molecule has 0 N–H and O–H groups in total. The van der Waals surface area contributed by atoms with Crippen LogP contribution in [0.1, 0.15) is 20.3 Å². The van der Waals surface area contributed by atoms with Gasteiger partial charge in [0, 0.05) is 25.2 Å². The highest BCUT2D eigenvalue weighted by Crippen LogP contribution is 2.43. The molecule has 4 nitrogen and oxygen atoms in total. The van der Waals surface area contributed by atoms with Crippen LogP contribution < -0.4 is 0 Å². The van der Waals surface area contributed by atoms with Crippen molar-refractivity contribution in [2.75, 3.05) is 26.7 Å². The third-order valence-corrected chi connectivity index (χ3v) is 4.32. The molecular weight excluding hydrogens is 228 g/mol. The molecule has 0 aliphatic carbocycles. The predicted octanol–water partition coefficient (Wildman–Crippen LogP) is 1.53. The van der Waals surface area contributed by atoms with Crippen molar-refractivity contribution in [1.82, 2.24) is 9.80 Å². The third kappa shape index (κ3) is 1.78. The predicted molar refractivity (Wildman–Crippen MR) is 62.8 cm³/mol. The highest BCUT2D eigenvalue weighted by Gasteiger charge is 2.55. The van der Waals surface area contributed by atoms with Gasteiger partial charge in [-0.25, -0.2) is 4.79 Å². The van der Waals surface area contributed by atoms with Crippen molar-refractivity contribution >= 4 is 17.7 Å². The lowest BCUT2D eigenvalue weighted by molar-refractivity contribution is 0.109. The topological polar surface area (TPSA) is 32.8 Å². The van der Waals surface area contributed by atoms with Gasteiger partial charge in [-0.15, -0.1) is 11.6 Å². The van der Waals surface area contributed by atoms with Crippen molar-refractivity contribution in [2.45, 2.75) is 37.2 Å². The van der Waals surface area contributed by atoms with Gasteiger partial charge < -0.3 is 9.64 Å². The molecule has 0 radical (unpaired) electrons. The second kappa shape index (κ2) is 4.08. The van der Waals surface area contributed by atoms with Crippen LogP contribution in [0.25, 0.3) is 0 Å². The van der Waals surface area contributed by atoms with Gasteiger partial charge in [0.25, 0.3) is 0 Å². The van der Waals surface area contributed by atoms with Crippen LogP contribution >= 0.6 is 11.6 Å². The highest BCUT2D eigenvalue weighted by atomic mass is 35.5. The summed E-state index contributed by atoms with van der Waals surface area (Å²) in [6.07, 6.45) is 0.698. The van der Waals surface area contributed by atoms with Crippen LogP contribution in [0.2, 0.25) is 0 Å². The first-order valence-corrected chi connectivity index (χ1v) is 6.18. The number of nitrogens with zero attached hydrogens (tertiary/aromatic N) is 2. The number of likely N-dealkylation sites (tertiary alicyclic amines) is 2. The molecule has 3 atom stereocenters. The minimum absolute atomic E-state index is 0.238. The van der Waals surface area contributed by atoms with Crippen molar-refractivity contribution < 1.29 is 9.53 Å². The van der Waals surface area contributed by atoms with Crippen molar-refractivity contribution in [2.24, 2.45) is 0 Å². The van der Waals surface area contributed by atoms with Gasteiger partial charge in [-0.2, -0.15) is 0 Å². The van der Waals surface area contributed by atoms with Crippen molar-refractivity contribution in [1.29, 1.82) is 0 Å². The fraction of sp³-hybridized carbons (Fsp3) is 0.909. The molecule has 0 aromatic carbocycles. The SMILES string of the molecule is CCOC(=O)N1CC2N(C)C(C)CC2(Cl)C1. The summed E-state index contributed by atoms with van der Waals surface area (Å²) in [6, 6.07) is 0.750. The third-order valence-electron chi connectivity index (χ3n) is 3.79. The number of likely N-dealkylation sites (N-methyl/N-ethyl adjacent to an activating group) is 1. The Morgan fingerprint density at radius 3 is 2.88 bits per heavy atom. The molecule has 3 unspecified atom stereocenters. The quantitative estimate of drug-likeness (QED) is 0.658. The molecule has 2 aliphatic rings. The molecule has 2 fully saturated rings. The first-order valence-electron chi connectivity index (χ1n) is 5.80. The average Bonchev–Trinajstić information content (AvgIpc) is 2.63. The van der Waals surface area contributed by atoms with Gasteiger partial charge in [0.1, 0.15) is 0 Å². The first kappa shape index (κ1) is 12.0. The molecule has 0 spiro atoms. The summed E-state index contributed by atoms with van der Waals surface area (Å²) >= 11 is 6.61. The lowest BCUT2D eigenvalue weighted by atomic mass is 10.0. The monoisotopic (exact) mass is 246 g/mol. The van der Waals surface area contributed by atoms with Gasteiger partial charge in [0.2, 0.25) is 0 Å². The van der Waals surface area contributed by atoms with E-state index in [9.17, 15) is 4.79 Å². The molecule has 1 amide bonds. The Morgan fingerprint density at radius 2 is 2.31 bits per heavy atom. The molecule has 0 aromatic rings. The molecule has 0 bridgehead atoms. The standard InChI is InChI=1S/C11H19ClN2O2/c1-4-16-10(15)14-6-9-11(12,7-14)5-8(2)13(9)3/h8-9H,4-7H2,1-3H3. The number of carbonyl (C=O) groups excluding carboxylic acids is 1. The molecule has 2 rings (SSSR count). The zero-order chi connectivity index (χ0) is 11.9. The Kier molecular flexibility index (Phi) is 3.05. The molecule has 2 aliphatic heterocycles. The number of carbonyl (C=O) groups is 1. The zero-order valence-electron chi connectivity index (χ0n) is 10.1. The summed E-state index contributed by atoms with van der Waals surface area (Å²) in [5.74, 6) is 0. The molecule has 5 heteroatoms. The molecule has 2 saturated heterocycles. The van der Waals surface area contributed by atoms with E-state index in [0.29, 0.717) is 25.7 Å². The molecule has 2 heterocycles. The lowest BCUT2D eigenvalue weighted by Gasteiger charge is -2.23. The Morgan fingerprint density at radius 1 is 1.62 bits per heavy atom. The van der Waals surface area contributed by atoms with E-state index < -0.39 is 0 Å². The highest BCUT2D eigenvalue weighted by molar-refractivity contribution is 6.25. The summed E-state index contributed by atoms with van der Waals surface area (Å²) in [5, 5.41) is 0. The van der Waals surface area contributed by atoms with E-state index in [4.69, 9.17) is 16.3 Å². The van der Waals surface area contributed by atoms with Gasteiger partial charge >= 0.3 is 6.09 Å². The number of fused-ring (bicyclic) bond motifs is 1. The van der Waals surface area contributed by atoms with E-state index in [2.05, 4.69) is 18.9 Å². The van der Waals surface area contributed by atoms with Crippen LogP contribution in [-0.2, 0) is 4.74 Å². The van der Waals surface area contributed by atoms with Crippen molar-refractivity contribution in [3.63, 3.8) is 0 Å². The van der Waals surface area contributed by atoms with Crippen LogP contribution in [0.5, 0.6) is 0 Å². The maximum Gasteiger partial charge on any atom is 0.409 e. The maximum atomic E-state index is 11.6. The van der Waals surface area contributed by atoms with Crippen LogP contribution in [0.4, 0.5) is 4.79 Å². The number of hydrogen-bond acceptors (Lipinski definition) is 3. The lowest BCUT2D eigenvalue weighted by Crippen LogP contribution is -2.39. The summed E-state index contributed by atoms with van der Waals surface area (Å²) in [5.41, 5.74) is 0. The normalized spacial score (nSPS) is 38.9. The van der Waals surface area contributed by atoms with E-state index in [0.717, 1.165) is 6.42 Å². The van der Waals surface area contributed by atoms with E-state index >= 15 is 0 Å². The summed E-state index contributed by atoms with van der Waals surface area (Å²) in [4.78, 5) is 15.4. The number of halogens is 1. The van der Waals surface area contributed by atoms with Crippen LogP contribution in [0.15, 0.2) is 0 Å². The maximum absolute atomic E-state index is 11.6. The second-order valence-electron chi connectivity index (χ2n) is 4.85. The Bertz CT molecular complexity index is 300. The van der Waals surface area contributed by atoms with E-state index in [1.165, 1.54) is 0 Å². The summed E-state index contributed by atoms with van der Waals surface area (Å²) in [7, 11) is 2.08. The van der Waals surface area contributed by atoms with Gasteiger partial charge in [-0.05, 0) is 27.3 Å². The number of amides is 1. The molecule has 0 saturated carbocycles. The molecular formula is C11H19ClN2O2. The van der Waals surface area contributed by atoms with Crippen LogP contribution in [0, 0.1) is 0 Å². The van der Waals surface area contributed by atoms with Crippen molar-refractivity contribution in [3.8, 4) is 0 Å². The van der Waals surface area contributed by atoms with E-state index in [1.807, 2.05) is 6.92 Å². The Hall–Kier alpha value is -0.480. The summed E-state index contributed by atoms with van der Waals surface area (Å²) in [6.45, 7) is 5.70. The Labute approximate surface area is 101 Å². The minimum atomic E-state index is -0.277. The van der Waals surface area contributed by atoms with E-state index in [1.54, 1.807) is 4.90 Å². The number of ether oxygens (including phenoxy) is 1. The van der Waals surface area contributed by atoms with Crippen LogP contribution in [-0.4, -0.2) is 59.6 Å². The Balaban J connectivity index is 2.05. The second-order valence-corrected chi connectivity index (χ2v) is 5.60.